The normalized spacial score (nSPS) is 19.2. The van der Waals surface area contributed by atoms with Gasteiger partial charge in [-0.2, -0.15) is 0 Å². The second-order valence-electron chi connectivity index (χ2n) is 6.90. The Morgan fingerprint density at radius 1 is 1.05 bits per heavy atom. The molecular formula is C19H26O2. The Balaban J connectivity index is 1.36. The summed E-state index contributed by atoms with van der Waals surface area (Å²) in [6.07, 6.45) is 12.2. The predicted octanol–water partition coefficient (Wildman–Crippen LogP) is 4.45. The third kappa shape index (κ3) is 4.59. The molecule has 2 saturated carbocycles. The molecule has 0 aromatic heterocycles. The summed E-state index contributed by atoms with van der Waals surface area (Å²) in [6.45, 7) is 0.615. The summed E-state index contributed by atoms with van der Waals surface area (Å²) in [6, 6.07) is 9.12. The molecule has 1 aromatic carbocycles. The smallest absolute Gasteiger partial charge is 0.293 e. The van der Waals surface area contributed by atoms with E-state index in [1.54, 1.807) is 0 Å². The molecule has 2 aliphatic rings. The van der Waals surface area contributed by atoms with Gasteiger partial charge in [-0.05, 0) is 62.0 Å². The molecule has 0 amide bonds. The van der Waals surface area contributed by atoms with Gasteiger partial charge in [0.15, 0.2) is 0 Å². The molecule has 0 N–H and O–H groups in total. The molecule has 0 heterocycles. The molecule has 21 heavy (non-hydrogen) atoms. The van der Waals surface area contributed by atoms with Crippen molar-refractivity contribution in [3.63, 3.8) is 0 Å². The number of benzene rings is 1. The summed E-state index contributed by atoms with van der Waals surface area (Å²) in [4.78, 5) is 10.4. The Bertz CT molecular complexity index is 455. The zero-order chi connectivity index (χ0) is 14.5. The molecule has 2 fully saturated rings. The van der Waals surface area contributed by atoms with E-state index in [-0.39, 0.29) is 5.60 Å². The molecule has 2 nitrogen and oxygen atoms in total. The minimum absolute atomic E-state index is 0.0928. The molecule has 2 heteroatoms. The largest absolute Gasteiger partial charge is 0.461 e. The Hall–Kier alpha value is -1.31. The van der Waals surface area contributed by atoms with Crippen LogP contribution in [-0.4, -0.2) is 12.1 Å². The monoisotopic (exact) mass is 286 g/mol. The van der Waals surface area contributed by atoms with Crippen molar-refractivity contribution >= 4 is 6.47 Å². The van der Waals surface area contributed by atoms with Gasteiger partial charge in [0, 0.05) is 0 Å². The van der Waals surface area contributed by atoms with Gasteiger partial charge >= 0.3 is 0 Å². The number of aryl methyl sites for hydroxylation is 2. The third-order valence-corrected chi connectivity index (χ3v) is 5.00. The van der Waals surface area contributed by atoms with Crippen molar-refractivity contribution in [2.45, 2.75) is 69.8 Å². The number of carbonyl (C=O) groups is 1. The van der Waals surface area contributed by atoms with Gasteiger partial charge in [-0.1, -0.05) is 43.5 Å². The second kappa shape index (κ2) is 6.64. The maximum absolute atomic E-state index is 10.4. The first-order chi connectivity index (χ1) is 10.3. The zero-order valence-electron chi connectivity index (χ0n) is 12.9. The Labute approximate surface area is 127 Å². The van der Waals surface area contributed by atoms with Crippen LogP contribution in [0.15, 0.2) is 24.3 Å². The van der Waals surface area contributed by atoms with E-state index >= 15 is 0 Å². The first-order valence-electron chi connectivity index (χ1n) is 8.49. The van der Waals surface area contributed by atoms with Crippen LogP contribution >= 0.6 is 0 Å². The van der Waals surface area contributed by atoms with Crippen molar-refractivity contribution in [3.05, 3.63) is 35.4 Å². The molecule has 1 aromatic rings. The number of hydrogen-bond acceptors (Lipinski definition) is 2. The molecule has 0 atom stereocenters. The topological polar surface area (TPSA) is 26.3 Å². The Morgan fingerprint density at radius 2 is 1.67 bits per heavy atom. The minimum Gasteiger partial charge on any atom is -0.461 e. The minimum atomic E-state index is -0.0928. The van der Waals surface area contributed by atoms with Gasteiger partial charge in [0.1, 0.15) is 5.60 Å². The molecule has 0 saturated heterocycles. The number of ether oxygens (including phenoxy) is 1. The fourth-order valence-corrected chi connectivity index (χ4v) is 3.16. The molecule has 3 rings (SSSR count). The van der Waals surface area contributed by atoms with E-state index in [1.807, 2.05) is 0 Å². The van der Waals surface area contributed by atoms with Gasteiger partial charge in [0.25, 0.3) is 6.47 Å². The van der Waals surface area contributed by atoms with Gasteiger partial charge < -0.3 is 4.74 Å². The van der Waals surface area contributed by atoms with E-state index in [2.05, 4.69) is 24.3 Å². The summed E-state index contributed by atoms with van der Waals surface area (Å²) in [5, 5.41) is 0. The molecular weight excluding hydrogens is 260 g/mol. The van der Waals surface area contributed by atoms with Gasteiger partial charge in [0.2, 0.25) is 0 Å². The molecule has 0 aliphatic heterocycles. The molecule has 2 aliphatic carbocycles. The van der Waals surface area contributed by atoms with E-state index in [0.717, 1.165) is 38.0 Å². The van der Waals surface area contributed by atoms with Crippen LogP contribution in [0, 0.1) is 5.92 Å². The van der Waals surface area contributed by atoms with Crippen molar-refractivity contribution in [1.29, 1.82) is 0 Å². The van der Waals surface area contributed by atoms with Crippen LogP contribution in [0.5, 0.6) is 0 Å². The first kappa shape index (κ1) is 14.6. The van der Waals surface area contributed by atoms with Gasteiger partial charge in [0.05, 0.1) is 0 Å². The van der Waals surface area contributed by atoms with E-state index in [0.29, 0.717) is 6.47 Å². The molecule has 0 spiro atoms. The van der Waals surface area contributed by atoms with Crippen LogP contribution in [0.3, 0.4) is 0 Å². The van der Waals surface area contributed by atoms with Crippen LogP contribution < -0.4 is 0 Å². The average molecular weight is 286 g/mol. The van der Waals surface area contributed by atoms with E-state index in [1.165, 1.54) is 43.2 Å². The fraction of sp³-hybridized carbons (Fsp3) is 0.632. The maximum Gasteiger partial charge on any atom is 0.293 e. The van der Waals surface area contributed by atoms with Crippen molar-refractivity contribution in [1.82, 2.24) is 0 Å². The summed E-state index contributed by atoms with van der Waals surface area (Å²) >= 11 is 0. The van der Waals surface area contributed by atoms with E-state index in [4.69, 9.17) is 4.74 Å². The summed E-state index contributed by atoms with van der Waals surface area (Å²) in [5.41, 5.74) is 2.79. The quantitative estimate of drug-likeness (QED) is 0.594. The van der Waals surface area contributed by atoms with E-state index in [9.17, 15) is 4.79 Å². The summed E-state index contributed by atoms with van der Waals surface area (Å²) < 4.78 is 5.19. The highest BCUT2D eigenvalue weighted by molar-refractivity contribution is 5.39. The SMILES string of the molecule is O=COC1(CCCc2ccc(CCCC3CC3)cc2)CC1. The second-order valence-corrected chi connectivity index (χ2v) is 6.90. The lowest BCUT2D eigenvalue weighted by Gasteiger charge is -2.12. The van der Waals surface area contributed by atoms with Gasteiger partial charge in [-0.25, -0.2) is 0 Å². The zero-order valence-corrected chi connectivity index (χ0v) is 12.9. The Morgan fingerprint density at radius 3 is 2.19 bits per heavy atom. The standard InChI is InChI=1S/C19H26O2/c20-15-21-19(13-14-19)12-2-5-18-10-8-17(9-11-18)4-1-3-16-6-7-16/h8-11,15-16H,1-7,12-14H2. The van der Waals surface area contributed by atoms with Crippen LogP contribution in [0.25, 0.3) is 0 Å². The van der Waals surface area contributed by atoms with Crippen LogP contribution in [0.1, 0.15) is 62.5 Å². The van der Waals surface area contributed by atoms with Crippen LogP contribution in [0.2, 0.25) is 0 Å². The van der Waals surface area contributed by atoms with Gasteiger partial charge in [-0.3, -0.25) is 4.79 Å². The van der Waals surface area contributed by atoms with Crippen molar-refractivity contribution in [3.8, 4) is 0 Å². The summed E-state index contributed by atoms with van der Waals surface area (Å²) in [7, 11) is 0. The van der Waals surface area contributed by atoms with Gasteiger partial charge in [-0.15, -0.1) is 0 Å². The highest BCUT2D eigenvalue weighted by Crippen LogP contribution is 2.43. The number of carbonyl (C=O) groups excluding carboxylic acids is 1. The lowest BCUT2D eigenvalue weighted by molar-refractivity contribution is -0.135. The Kier molecular flexibility index (Phi) is 4.62. The van der Waals surface area contributed by atoms with E-state index < -0.39 is 0 Å². The lowest BCUT2D eigenvalue weighted by atomic mass is 10.0. The third-order valence-electron chi connectivity index (χ3n) is 5.00. The number of rotatable bonds is 10. The lowest BCUT2D eigenvalue weighted by Crippen LogP contribution is -2.13. The average Bonchev–Trinajstić information content (AvgIpc) is 3.39. The maximum atomic E-state index is 10.4. The fourth-order valence-electron chi connectivity index (χ4n) is 3.16. The summed E-state index contributed by atoms with van der Waals surface area (Å²) in [5.74, 6) is 1.05. The number of hydrogen-bond donors (Lipinski definition) is 0. The molecule has 114 valence electrons. The predicted molar refractivity (Wildman–Crippen MR) is 84.2 cm³/mol. The highest BCUT2D eigenvalue weighted by Gasteiger charge is 2.44. The molecule has 0 bridgehead atoms. The van der Waals surface area contributed by atoms with Crippen molar-refractivity contribution < 1.29 is 9.53 Å². The van der Waals surface area contributed by atoms with Crippen LogP contribution in [0.4, 0.5) is 0 Å². The highest BCUT2D eigenvalue weighted by atomic mass is 16.5. The van der Waals surface area contributed by atoms with Crippen LogP contribution in [-0.2, 0) is 22.4 Å². The molecule has 0 unspecified atom stereocenters. The van der Waals surface area contributed by atoms with Crippen molar-refractivity contribution in [2.24, 2.45) is 5.92 Å². The first-order valence-corrected chi connectivity index (χ1v) is 8.49. The van der Waals surface area contributed by atoms with Crippen molar-refractivity contribution in [2.75, 3.05) is 0 Å². The molecule has 0 radical (unpaired) electrons.